The molecule has 6 heteroatoms. The van der Waals surface area contributed by atoms with Gasteiger partial charge in [0.2, 0.25) is 11.8 Å². The number of nitrogens with zero attached hydrogens (tertiary/aromatic N) is 1. The van der Waals surface area contributed by atoms with Crippen molar-refractivity contribution in [3.05, 3.63) is 46.4 Å². The number of benzene rings is 2. The van der Waals surface area contributed by atoms with Gasteiger partial charge in [0, 0.05) is 16.6 Å². The second kappa shape index (κ2) is 6.22. The zero-order valence-corrected chi connectivity index (χ0v) is 14.1. The molecule has 0 unspecified atom stereocenters. The summed E-state index contributed by atoms with van der Waals surface area (Å²) in [5.74, 6) is 0.205. The first kappa shape index (κ1) is 15.8. The highest BCUT2D eigenvalue weighted by molar-refractivity contribution is 6.33. The summed E-state index contributed by atoms with van der Waals surface area (Å²) in [7, 11) is 0. The van der Waals surface area contributed by atoms with Crippen LogP contribution in [0.15, 0.2) is 40.8 Å². The highest BCUT2D eigenvalue weighted by atomic mass is 35.5. The molecule has 23 heavy (non-hydrogen) atoms. The molecule has 1 N–H and O–H groups in total. The highest BCUT2D eigenvalue weighted by Crippen LogP contribution is 2.33. The van der Waals surface area contributed by atoms with Gasteiger partial charge in [-0.15, -0.1) is 0 Å². The van der Waals surface area contributed by atoms with E-state index in [0.717, 1.165) is 0 Å². The number of rotatable bonds is 3. The fraction of sp³-hybridized carbons (Fsp3) is 0.176. The van der Waals surface area contributed by atoms with E-state index in [1.165, 1.54) is 0 Å². The van der Waals surface area contributed by atoms with Crippen LogP contribution in [0.5, 0.6) is 0 Å². The number of carbonyl (C=O) groups is 1. The van der Waals surface area contributed by atoms with Gasteiger partial charge in [0.1, 0.15) is 5.52 Å². The minimum atomic E-state index is -0.111. The van der Waals surface area contributed by atoms with Crippen LogP contribution >= 0.6 is 23.2 Å². The van der Waals surface area contributed by atoms with Crippen molar-refractivity contribution in [2.75, 3.05) is 5.32 Å². The standard InChI is InChI=1S/C17H14Cl2N2O2/c1-9(2)16(22)20-11-4-5-13(19)12(8-11)17-21-14-7-10(18)3-6-15(14)23-17/h3-9H,1-2H3,(H,20,22). The molecule has 2 aromatic carbocycles. The van der Waals surface area contributed by atoms with Crippen molar-refractivity contribution >= 4 is 45.9 Å². The molecule has 118 valence electrons. The summed E-state index contributed by atoms with van der Waals surface area (Å²) < 4.78 is 5.73. The molecule has 0 saturated carbocycles. The molecule has 4 nitrogen and oxygen atoms in total. The maximum Gasteiger partial charge on any atom is 0.228 e. The number of nitrogens with one attached hydrogen (secondary N) is 1. The Morgan fingerprint density at radius 2 is 1.96 bits per heavy atom. The Bertz CT molecular complexity index is 887. The summed E-state index contributed by atoms with van der Waals surface area (Å²) in [6, 6.07) is 10.4. The topological polar surface area (TPSA) is 55.1 Å². The number of aromatic nitrogens is 1. The van der Waals surface area contributed by atoms with Gasteiger partial charge in [-0.2, -0.15) is 0 Å². The van der Waals surface area contributed by atoms with Crippen molar-refractivity contribution in [1.82, 2.24) is 4.98 Å². The Kier molecular flexibility index (Phi) is 4.28. The molecule has 0 atom stereocenters. The molecule has 1 amide bonds. The van der Waals surface area contributed by atoms with Gasteiger partial charge in [-0.1, -0.05) is 37.0 Å². The van der Waals surface area contributed by atoms with Gasteiger partial charge in [0.25, 0.3) is 0 Å². The van der Waals surface area contributed by atoms with Crippen LogP contribution in [-0.2, 0) is 4.79 Å². The van der Waals surface area contributed by atoms with Crippen molar-refractivity contribution in [3.8, 4) is 11.5 Å². The van der Waals surface area contributed by atoms with E-state index >= 15 is 0 Å². The molecule has 3 aromatic rings. The number of halogens is 2. The minimum Gasteiger partial charge on any atom is -0.436 e. The van der Waals surface area contributed by atoms with Crippen LogP contribution in [0.4, 0.5) is 5.69 Å². The Labute approximate surface area is 143 Å². The molecule has 1 heterocycles. The van der Waals surface area contributed by atoms with Crippen LogP contribution in [-0.4, -0.2) is 10.9 Å². The van der Waals surface area contributed by atoms with Crippen LogP contribution in [0.2, 0.25) is 10.0 Å². The predicted octanol–water partition coefficient (Wildman–Crippen LogP) is 5.40. The van der Waals surface area contributed by atoms with Crippen LogP contribution in [0.1, 0.15) is 13.8 Å². The largest absolute Gasteiger partial charge is 0.436 e. The molecule has 0 bridgehead atoms. The third kappa shape index (κ3) is 3.33. The third-order valence-corrected chi connectivity index (χ3v) is 3.90. The summed E-state index contributed by atoms with van der Waals surface area (Å²) >= 11 is 12.2. The second-order valence-electron chi connectivity index (χ2n) is 5.47. The van der Waals surface area contributed by atoms with E-state index in [9.17, 15) is 4.79 Å². The van der Waals surface area contributed by atoms with Crippen LogP contribution in [0, 0.1) is 5.92 Å². The summed E-state index contributed by atoms with van der Waals surface area (Å²) in [6.45, 7) is 3.66. The van der Waals surface area contributed by atoms with E-state index in [2.05, 4.69) is 10.3 Å². The number of carbonyl (C=O) groups excluding carboxylic acids is 1. The SMILES string of the molecule is CC(C)C(=O)Nc1ccc(Cl)c(-c2nc3cc(Cl)ccc3o2)c1. The van der Waals surface area contributed by atoms with Crippen molar-refractivity contribution in [2.24, 2.45) is 5.92 Å². The Morgan fingerprint density at radius 3 is 2.70 bits per heavy atom. The zero-order chi connectivity index (χ0) is 16.6. The van der Waals surface area contributed by atoms with E-state index < -0.39 is 0 Å². The number of anilines is 1. The lowest BCUT2D eigenvalue weighted by Crippen LogP contribution is -2.17. The van der Waals surface area contributed by atoms with Gasteiger partial charge in [-0.3, -0.25) is 4.79 Å². The van der Waals surface area contributed by atoms with E-state index in [1.54, 1.807) is 36.4 Å². The number of hydrogen-bond donors (Lipinski definition) is 1. The number of oxazole rings is 1. The zero-order valence-electron chi connectivity index (χ0n) is 12.6. The van der Waals surface area contributed by atoms with Crippen LogP contribution in [0.25, 0.3) is 22.6 Å². The van der Waals surface area contributed by atoms with Gasteiger partial charge in [-0.05, 0) is 36.4 Å². The van der Waals surface area contributed by atoms with Gasteiger partial charge in [0.15, 0.2) is 5.58 Å². The first-order valence-corrected chi connectivity index (χ1v) is 7.86. The summed E-state index contributed by atoms with van der Waals surface area (Å²) in [5.41, 5.74) is 2.53. The number of hydrogen-bond acceptors (Lipinski definition) is 3. The average molecular weight is 349 g/mol. The average Bonchev–Trinajstić information content (AvgIpc) is 2.91. The molecule has 0 saturated heterocycles. The van der Waals surface area contributed by atoms with E-state index in [0.29, 0.717) is 38.3 Å². The summed E-state index contributed by atoms with van der Waals surface area (Å²) in [4.78, 5) is 16.2. The van der Waals surface area contributed by atoms with Crippen molar-refractivity contribution < 1.29 is 9.21 Å². The second-order valence-corrected chi connectivity index (χ2v) is 6.31. The van der Waals surface area contributed by atoms with E-state index in [4.69, 9.17) is 27.6 Å². The molecule has 0 aliphatic heterocycles. The number of amides is 1. The molecular formula is C17H14Cl2N2O2. The fourth-order valence-corrected chi connectivity index (χ4v) is 2.43. The molecule has 1 aromatic heterocycles. The summed E-state index contributed by atoms with van der Waals surface area (Å²) in [6.07, 6.45) is 0. The van der Waals surface area contributed by atoms with Crippen molar-refractivity contribution in [2.45, 2.75) is 13.8 Å². The molecule has 0 radical (unpaired) electrons. The Balaban J connectivity index is 2.01. The van der Waals surface area contributed by atoms with E-state index in [-0.39, 0.29) is 11.8 Å². The third-order valence-electron chi connectivity index (χ3n) is 3.34. The van der Waals surface area contributed by atoms with Crippen molar-refractivity contribution in [3.63, 3.8) is 0 Å². The first-order chi connectivity index (χ1) is 10.9. The quantitative estimate of drug-likeness (QED) is 0.689. The lowest BCUT2D eigenvalue weighted by atomic mass is 10.1. The molecular weight excluding hydrogens is 335 g/mol. The van der Waals surface area contributed by atoms with Gasteiger partial charge in [-0.25, -0.2) is 4.98 Å². The minimum absolute atomic E-state index is 0.0670. The maximum absolute atomic E-state index is 11.8. The Hall–Kier alpha value is -2.04. The predicted molar refractivity (Wildman–Crippen MR) is 92.9 cm³/mol. The normalized spacial score (nSPS) is 11.2. The molecule has 0 aliphatic rings. The monoisotopic (exact) mass is 348 g/mol. The fourth-order valence-electron chi connectivity index (χ4n) is 2.07. The maximum atomic E-state index is 11.8. The van der Waals surface area contributed by atoms with Gasteiger partial charge < -0.3 is 9.73 Å². The lowest BCUT2D eigenvalue weighted by molar-refractivity contribution is -0.118. The van der Waals surface area contributed by atoms with E-state index in [1.807, 2.05) is 13.8 Å². The lowest BCUT2D eigenvalue weighted by Gasteiger charge is -2.09. The molecule has 3 rings (SSSR count). The Morgan fingerprint density at radius 1 is 1.17 bits per heavy atom. The highest BCUT2D eigenvalue weighted by Gasteiger charge is 2.14. The van der Waals surface area contributed by atoms with Crippen molar-refractivity contribution in [1.29, 1.82) is 0 Å². The van der Waals surface area contributed by atoms with Crippen LogP contribution < -0.4 is 5.32 Å². The summed E-state index contributed by atoms with van der Waals surface area (Å²) in [5, 5.41) is 3.91. The van der Waals surface area contributed by atoms with Gasteiger partial charge >= 0.3 is 0 Å². The first-order valence-electron chi connectivity index (χ1n) is 7.11. The smallest absolute Gasteiger partial charge is 0.228 e. The van der Waals surface area contributed by atoms with Gasteiger partial charge in [0.05, 0.1) is 10.6 Å². The molecule has 0 spiro atoms. The molecule has 0 aliphatic carbocycles. The van der Waals surface area contributed by atoms with Crippen LogP contribution in [0.3, 0.4) is 0 Å². The molecule has 0 fully saturated rings. The number of fused-ring (bicyclic) bond motifs is 1.